The van der Waals surface area contributed by atoms with E-state index < -0.39 is 6.10 Å². The van der Waals surface area contributed by atoms with Gasteiger partial charge in [0.15, 0.2) is 0 Å². The second-order valence-electron chi connectivity index (χ2n) is 4.38. The van der Waals surface area contributed by atoms with E-state index in [4.69, 9.17) is 0 Å². The zero-order chi connectivity index (χ0) is 14.3. The molecule has 102 valence electrons. The summed E-state index contributed by atoms with van der Waals surface area (Å²) in [6, 6.07) is 10.5. The summed E-state index contributed by atoms with van der Waals surface area (Å²) in [5, 5.41) is 13.5. The molecule has 1 nitrogen and oxygen atoms in total. The SMILES string of the molecule is OC(c1ccc(F)c(Br)c1)c1csc2c(Br)cccc12. The summed E-state index contributed by atoms with van der Waals surface area (Å²) in [7, 11) is 0. The van der Waals surface area contributed by atoms with Crippen LogP contribution in [0.2, 0.25) is 0 Å². The van der Waals surface area contributed by atoms with Crippen LogP contribution in [0.4, 0.5) is 4.39 Å². The van der Waals surface area contributed by atoms with Gasteiger partial charge in [0.2, 0.25) is 0 Å². The first-order valence-electron chi connectivity index (χ1n) is 5.86. The van der Waals surface area contributed by atoms with E-state index in [0.29, 0.717) is 10.0 Å². The Kier molecular flexibility index (Phi) is 3.95. The van der Waals surface area contributed by atoms with E-state index in [1.165, 1.54) is 6.07 Å². The predicted octanol–water partition coefficient (Wildman–Crippen LogP) is 5.65. The molecule has 5 heteroatoms. The maximum Gasteiger partial charge on any atom is 0.137 e. The summed E-state index contributed by atoms with van der Waals surface area (Å²) in [6.07, 6.45) is -0.769. The van der Waals surface area contributed by atoms with Crippen LogP contribution in [0, 0.1) is 5.82 Å². The van der Waals surface area contributed by atoms with Gasteiger partial charge in [0.1, 0.15) is 11.9 Å². The average molecular weight is 416 g/mol. The van der Waals surface area contributed by atoms with Crippen molar-refractivity contribution in [1.82, 2.24) is 0 Å². The third-order valence-electron chi connectivity index (χ3n) is 3.14. The Bertz CT molecular complexity index is 785. The molecule has 1 atom stereocenters. The van der Waals surface area contributed by atoms with Crippen LogP contribution in [0.3, 0.4) is 0 Å². The van der Waals surface area contributed by atoms with Crippen LogP contribution >= 0.6 is 43.2 Å². The molecule has 0 amide bonds. The molecule has 0 aliphatic carbocycles. The highest BCUT2D eigenvalue weighted by atomic mass is 79.9. The van der Waals surface area contributed by atoms with Crippen LogP contribution in [0.1, 0.15) is 17.2 Å². The van der Waals surface area contributed by atoms with Crippen LogP contribution in [0.15, 0.2) is 50.7 Å². The monoisotopic (exact) mass is 414 g/mol. The number of fused-ring (bicyclic) bond motifs is 1. The fourth-order valence-electron chi connectivity index (χ4n) is 2.12. The van der Waals surface area contributed by atoms with Gasteiger partial charge in [-0.3, -0.25) is 0 Å². The van der Waals surface area contributed by atoms with Crippen molar-refractivity contribution in [3.05, 3.63) is 67.7 Å². The molecule has 20 heavy (non-hydrogen) atoms. The topological polar surface area (TPSA) is 20.2 Å². The summed E-state index contributed by atoms with van der Waals surface area (Å²) < 4.78 is 15.7. The first kappa shape index (κ1) is 14.2. The number of rotatable bonds is 2. The highest BCUT2D eigenvalue weighted by Gasteiger charge is 2.17. The van der Waals surface area contributed by atoms with Crippen LogP contribution in [-0.2, 0) is 0 Å². The Morgan fingerprint density at radius 3 is 2.65 bits per heavy atom. The van der Waals surface area contributed by atoms with Crippen LogP contribution in [0.5, 0.6) is 0 Å². The smallest absolute Gasteiger partial charge is 0.137 e. The summed E-state index contributed by atoms with van der Waals surface area (Å²) in [5.41, 5.74) is 1.50. The van der Waals surface area contributed by atoms with Crippen molar-refractivity contribution in [2.75, 3.05) is 0 Å². The lowest BCUT2D eigenvalue weighted by Gasteiger charge is -2.11. The van der Waals surface area contributed by atoms with Crippen molar-refractivity contribution in [2.45, 2.75) is 6.10 Å². The van der Waals surface area contributed by atoms with Crippen molar-refractivity contribution in [3.63, 3.8) is 0 Å². The lowest BCUT2D eigenvalue weighted by molar-refractivity contribution is 0.222. The number of benzene rings is 2. The van der Waals surface area contributed by atoms with E-state index in [1.807, 2.05) is 23.6 Å². The highest BCUT2D eigenvalue weighted by Crippen LogP contribution is 2.37. The van der Waals surface area contributed by atoms with Gasteiger partial charge in [-0.15, -0.1) is 11.3 Å². The van der Waals surface area contributed by atoms with Gasteiger partial charge in [0.25, 0.3) is 0 Å². The average Bonchev–Trinajstić information content (AvgIpc) is 2.86. The van der Waals surface area contributed by atoms with Crippen molar-refractivity contribution in [3.8, 4) is 0 Å². The summed E-state index contributed by atoms with van der Waals surface area (Å²) in [4.78, 5) is 0. The second-order valence-corrected chi connectivity index (χ2v) is 6.97. The molecule has 0 aliphatic heterocycles. The molecule has 1 unspecified atom stereocenters. The van der Waals surface area contributed by atoms with Gasteiger partial charge >= 0.3 is 0 Å². The third-order valence-corrected chi connectivity index (χ3v) is 5.71. The minimum absolute atomic E-state index is 0.334. The van der Waals surface area contributed by atoms with E-state index in [-0.39, 0.29) is 5.82 Å². The molecule has 3 rings (SSSR count). The molecule has 0 aliphatic rings. The minimum atomic E-state index is -0.769. The molecule has 2 aromatic carbocycles. The van der Waals surface area contributed by atoms with E-state index in [1.54, 1.807) is 23.5 Å². The number of halogens is 3. The zero-order valence-corrected chi connectivity index (χ0v) is 14.1. The third kappa shape index (κ3) is 2.44. The summed E-state index contributed by atoms with van der Waals surface area (Å²) >= 11 is 8.23. The van der Waals surface area contributed by atoms with Crippen molar-refractivity contribution in [1.29, 1.82) is 0 Å². The zero-order valence-electron chi connectivity index (χ0n) is 10.1. The molecule has 1 heterocycles. The molecule has 0 bridgehead atoms. The standard InChI is InChI=1S/C15H9Br2FOS/c16-11-3-1-2-9-10(7-20-15(9)11)14(19)8-4-5-13(18)12(17)6-8/h1-7,14,19H. The number of aliphatic hydroxyl groups excluding tert-OH is 1. The lowest BCUT2D eigenvalue weighted by Crippen LogP contribution is -1.99. The van der Waals surface area contributed by atoms with Crippen LogP contribution < -0.4 is 0 Å². The fourth-order valence-corrected chi connectivity index (χ4v) is 4.15. The Morgan fingerprint density at radius 2 is 1.90 bits per heavy atom. The Balaban J connectivity index is 2.10. The molecule has 0 radical (unpaired) electrons. The number of hydrogen-bond donors (Lipinski definition) is 1. The quantitative estimate of drug-likeness (QED) is 0.573. The molecule has 0 saturated heterocycles. The molecular formula is C15H9Br2FOS. The van der Waals surface area contributed by atoms with Crippen LogP contribution in [0.25, 0.3) is 10.1 Å². The molecule has 0 saturated carbocycles. The summed E-state index contributed by atoms with van der Waals surface area (Å²) in [6.45, 7) is 0. The van der Waals surface area contributed by atoms with Gasteiger partial charge < -0.3 is 5.11 Å². The largest absolute Gasteiger partial charge is 0.384 e. The van der Waals surface area contributed by atoms with Gasteiger partial charge in [0, 0.05) is 14.7 Å². The lowest BCUT2D eigenvalue weighted by atomic mass is 10.0. The minimum Gasteiger partial charge on any atom is -0.384 e. The van der Waals surface area contributed by atoms with Gasteiger partial charge in [-0.1, -0.05) is 18.2 Å². The van der Waals surface area contributed by atoms with Crippen molar-refractivity contribution < 1.29 is 9.50 Å². The Hall–Kier alpha value is -0.750. The summed E-state index contributed by atoms with van der Waals surface area (Å²) in [5.74, 6) is -0.334. The van der Waals surface area contributed by atoms with Crippen LogP contribution in [-0.4, -0.2) is 5.11 Å². The first-order valence-corrected chi connectivity index (χ1v) is 8.33. The van der Waals surface area contributed by atoms with E-state index in [9.17, 15) is 9.50 Å². The maximum absolute atomic E-state index is 13.3. The number of thiophene rings is 1. The Morgan fingerprint density at radius 1 is 1.10 bits per heavy atom. The molecule has 1 N–H and O–H groups in total. The van der Waals surface area contributed by atoms with E-state index >= 15 is 0 Å². The van der Waals surface area contributed by atoms with Crippen molar-refractivity contribution >= 4 is 53.3 Å². The molecular weight excluding hydrogens is 407 g/mol. The van der Waals surface area contributed by atoms with Gasteiger partial charge in [0.05, 0.1) is 4.47 Å². The predicted molar refractivity (Wildman–Crippen MR) is 87.7 cm³/mol. The molecule has 0 spiro atoms. The van der Waals surface area contributed by atoms with Gasteiger partial charge in [-0.2, -0.15) is 0 Å². The van der Waals surface area contributed by atoms with E-state index in [2.05, 4.69) is 31.9 Å². The fraction of sp³-hybridized carbons (Fsp3) is 0.0667. The van der Waals surface area contributed by atoms with E-state index in [0.717, 1.165) is 20.1 Å². The molecule has 1 aromatic heterocycles. The highest BCUT2D eigenvalue weighted by molar-refractivity contribution is 9.11. The number of aliphatic hydroxyl groups is 1. The molecule has 0 fully saturated rings. The normalized spacial score (nSPS) is 12.8. The Labute approximate surface area is 136 Å². The number of hydrogen-bond acceptors (Lipinski definition) is 2. The van der Waals surface area contributed by atoms with Gasteiger partial charge in [-0.05, 0) is 66.4 Å². The van der Waals surface area contributed by atoms with Crippen molar-refractivity contribution in [2.24, 2.45) is 0 Å². The molecule has 3 aromatic rings. The second kappa shape index (κ2) is 5.56. The van der Waals surface area contributed by atoms with Gasteiger partial charge in [-0.25, -0.2) is 4.39 Å². The maximum atomic E-state index is 13.3. The first-order chi connectivity index (χ1) is 9.58.